The molecule has 0 amide bonds. The molecule has 19 heavy (non-hydrogen) atoms. The Morgan fingerprint density at radius 3 is 3.00 bits per heavy atom. The zero-order valence-corrected chi connectivity index (χ0v) is 12.6. The number of benzene rings is 1. The normalized spacial score (nSPS) is 19.3. The summed E-state index contributed by atoms with van der Waals surface area (Å²) in [6.45, 7) is 4.53. The molecule has 106 valence electrons. The van der Waals surface area contributed by atoms with Gasteiger partial charge in [0.2, 0.25) is 0 Å². The van der Waals surface area contributed by atoms with Crippen molar-refractivity contribution in [2.45, 2.75) is 32.5 Å². The lowest BCUT2D eigenvalue weighted by Crippen LogP contribution is -2.31. The summed E-state index contributed by atoms with van der Waals surface area (Å²) >= 11 is 1.99. The van der Waals surface area contributed by atoms with E-state index in [1.807, 2.05) is 23.9 Å². The van der Waals surface area contributed by atoms with Crippen molar-refractivity contribution in [1.29, 1.82) is 0 Å². The Bertz CT molecular complexity index is 405. The van der Waals surface area contributed by atoms with Gasteiger partial charge in [0.1, 0.15) is 5.82 Å². The predicted octanol–water partition coefficient (Wildman–Crippen LogP) is 2.87. The van der Waals surface area contributed by atoms with Gasteiger partial charge in [-0.25, -0.2) is 4.39 Å². The Morgan fingerprint density at radius 2 is 2.32 bits per heavy atom. The molecule has 1 aliphatic rings. The smallest absolute Gasteiger partial charge is 0.127 e. The third-order valence-electron chi connectivity index (χ3n) is 3.64. The highest BCUT2D eigenvalue weighted by molar-refractivity contribution is 7.99. The molecule has 0 spiro atoms. The van der Waals surface area contributed by atoms with E-state index in [1.54, 1.807) is 6.07 Å². The van der Waals surface area contributed by atoms with E-state index in [4.69, 9.17) is 0 Å². The number of hydrogen-bond acceptors (Lipinski definition) is 3. The van der Waals surface area contributed by atoms with Crippen LogP contribution < -0.4 is 5.32 Å². The number of nitrogens with zero attached hydrogens (tertiary/aromatic N) is 1. The van der Waals surface area contributed by atoms with Crippen molar-refractivity contribution >= 4 is 11.8 Å². The quantitative estimate of drug-likeness (QED) is 0.864. The van der Waals surface area contributed by atoms with Gasteiger partial charge in [0, 0.05) is 30.4 Å². The van der Waals surface area contributed by atoms with Crippen LogP contribution in [0, 0.1) is 5.82 Å². The van der Waals surface area contributed by atoms with E-state index in [9.17, 15) is 4.39 Å². The van der Waals surface area contributed by atoms with Gasteiger partial charge >= 0.3 is 0 Å². The van der Waals surface area contributed by atoms with Gasteiger partial charge in [0.25, 0.3) is 0 Å². The van der Waals surface area contributed by atoms with E-state index in [1.165, 1.54) is 17.9 Å². The van der Waals surface area contributed by atoms with Crippen molar-refractivity contribution in [3.63, 3.8) is 0 Å². The molecule has 1 N–H and O–H groups in total. The lowest BCUT2D eigenvalue weighted by Gasteiger charge is -2.24. The van der Waals surface area contributed by atoms with E-state index in [0.717, 1.165) is 24.2 Å². The molecule has 1 aromatic rings. The number of hydrogen-bond donors (Lipinski definition) is 1. The highest BCUT2D eigenvalue weighted by Gasteiger charge is 2.20. The molecule has 0 aromatic heterocycles. The Labute approximate surface area is 119 Å². The first-order chi connectivity index (χ1) is 9.20. The van der Waals surface area contributed by atoms with E-state index in [2.05, 4.69) is 24.2 Å². The zero-order valence-electron chi connectivity index (χ0n) is 11.8. The average molecular weight is 282 g/mol. The SMILES string of the molecule is CCNCc1ccc(F)c(CN(C)C2CCSC2)c1. The molecule has 1 unspecified atom stereocenters. The number of nitrogens with one attached hydrogen (secondary N) is 1. The van der Waals surface area contributed by atoms with Crippen molar-refractivity contribution in [3.05, 3.63) is 35.1 Å². The zero-order chi connectivity index (χ0) is 13.7. The molecule has 2 nitrogen and oxygen atoms in total. The number of halogens is 1. The highest BCUT2D eigenvalue weighted by Crippen LogP contribution is 2.23. The summed E-state index contributed by atoms with van der Waals surface area (Å²) in [6, 6.07) is 6.06. The van der Waals surface area contributed by atoms with Crippen LogP contribution in [0.1, 0.15) is 24.5 Å². The molecule has 4 heteroatoms. The fourth-order valence-corrected chi connectivity index (χ4v) is 3.69. The minimum absolute atomic E-state index is 0.0854. The van der Waals surface area contributed by atoms with Crippen LogP contribution in [0.5, 0.6) is 0 Å². The van der Waals surface area contributed by atoms with Crippen LogP contribution in [0.2, 0.25) is 0 Å². The van der Waals surface area contributed by atoms with Crippen LogP contribution >= 0.6 is 11.8 Å². The van der Waals surface area contributed by atoms with Crippen LogP contribution in [0.4, 0.5) is 4.39 Å². The summed E-state index contributed by atoms with van der Waals surface area (Å²) in [4.78, 5) is 2.29. The molecule has 1 saturated heterocycles. The van der Waals surface area contributed by atoms with Gasteiger partial charge in [-0.15, -0.1) is 0 Å². The standard InChI is InChI=1S/C15H23FN2S/c1-3-17-9-12-4-5-15(16)13(8-12)10-18(2)14-6-7-19-11-14/h4-5,8,14,17H,3,6-7,9-11H2,1-2H3. The van der Waals surface area contributed by atoms with Crippen LogP contribution in [-0.4, -0.2) is 36.0 Å². The largest absolute Gasteiger partial charge is 0.313 e. The van der Waals surface area contributed by atoms with Gasteiger partial charge < -0.3 is 5.32 Å². The first-order valence-corrected chi connectivity index (χ1v) is 8.12. The summed E-state index contributed by atoms with van der Waals surface area (Å²) in [5.74, 6) is 2.32. The van der Waals surface area contributed by atoms with Crippen molar-refractivity contribution in [2.24, 2.45) is 0 Å². The minimum Gasteiger partial charge on any atom is -0.313 e. The van der Waals surface area contributed by atoms with Crippen LogP contribution in [-0.2, 0) is 13.1 Å². The summed E-state index contributed by atoms with van der Waals surface area (Å²) in [7, 11) is 2.10. The lowest BCUT2D eigenvalue weighted by atomic mass is 10.1. The van der Waals surface area contributed by atoms with E-state index < -0.39 is 0 Å². The van der Waals surface area contributed by atoms with Gasteiger partial charge in [-0.1, -0.05) is 19.1 Å². The molecule has 0 bridgehead atoms. The monoisotopic (exact) mass is 282 g/mol. The van der Waals surface area contributed by atoms with Gasteiger partial charge in [-0.2, -0.15) is 11.8 Å². The van der Waals surface area contributed by atoms with E-state index >= 15 is 0 Å². The highest BCUT2D eigenvalue weighted by atomic mass is 32.2. The Kier molecular flexibility index (Phi) is 5.67. The minimum atomic E-state index is -0.0854. The van der Waals surface area contributed by atoms with Gasteiger partial charge in [-0.3, -0.25) is 4.90 Å². The topological polar surface area (TPSA) is 15.3 Å². The Balaban J connectivity index is 2.01. The molecule has 1 aromatic carbocycles. The van der Waals surface area contributed by atoms with Crippen molar-refractivity contribution in [2.75, 3.05) is 25.1 Å². The maximum Gasteiger partial charge on any atom is 0.127 e. The van der Waals surface area contributed by atoms with Crippen LogP contribution in [0.3, 0.4) is 0 Å². The molecular weight excluding hydrogens is 259 g/mol. The third-order valence-corrected chi connectivity index (χ3v) is 4.78. The van der Waals surface area contributed by atoms with Crippen molar-refractivity contribution in [1.82, 2.24) is 10.2 Å². The summed E-state index contributed by atoms with van der Waals surface area (Å²) in [5, 5.41) is 3.28. The molecule has 0 radical (unpaired) electrons. The fourth-order valence-electron chi connectivity index (χ4n) is 2.40. The second kappa shape index (κ2) is 7.27. The van der Waals surface area contributed by atoms with Gasteiger partial charge in [0.05, 0.1) is 0 Å². The predicted molar refractivity (Wildman–Crippen MR) is 81.0 cm³/mol. The summed E-state index contributed by atoms with van der Waals surface area (Å²) < 4.78 is 13.9. The van der Waals surface area contributed by atoms with Crippen molar-refractivity contribution in [3.8, 4) is 0 Å². The molecule has 0 aliphatic carbocycles. The van der Waals surface area contributed by atoms with Gasteiger partial charge in [-0.05, 0) is 37.4 Å². The molecule has 1 fully saturated rings. The number of rotatable bonds is 6. The summed E-state index contributed by atoms with van der Waals surface area (Å²) in [6.07, 6.45) is 1.22. The molecule has 1 atom stereocenters. The maximum absolute atomic E-state index is 13.9. The molecule has 0 saturated carbocycles. The molecule has 1 heterocycles. The first kappa shape index (κ1) is 14.8. The number of thioether (sulfide) groups is 1. The lowest BCUT2D eigenvalue weighted by molar-refractivity contribution is 0.251. The van der Waals surface area contributed by atoms with Crippen LogP contribution in [0.15, 0.2) is 18.2 Å². The molecule has 2 rings (SSSR count). The maximum atomic E-state index is 13.9. The summed E-state index contributed by atoms with van der Waals surface area (Å²) in [5.41, 5.74) is 1.97. The average Bonchev–Trinajstić information content (AvgIpc) is 2.93. The van der Waals surface area contributed by atoms with E-state index in [-0.39, 0.29) is 5.82 Å². The second-order valence-electron chi connectivity index (χ2n) is 5.14. The fraction of sp³-hybridized carbons (Fsp3) is 0.600. The molecular formula is C15H23FN2S. The molecule has 1 aliphatic heterocycles. The van der Waals surface area contributed by atoms with E-state index in [0.29, 0.717) is 12.6 Å². The van der Waals surface area contributed by atoms with Gasteiger partial charge in [0.15, 0.2) is 0 Å². The first-order valence-electron chi connectivity index (χ1n) is 6.96. The Hall–Kier alpha value is -0.580. The van der Waals surface area contributed by atoms with Crippen molar-refractivity contribution < 1.29 is 4.39 Å². The second-order valence-corrected chi connectivity index (χ2v) is 6.29. The van der Waals surface area contributed by atoms with Crippen LogP contribution in [0.25, 0.3) is 0 Å². The third kappa shape index (κ3) is 4.20. The Morgan fingerprint density at radius 1 is 1.47 bits per heavy atom.